The molecule has 2 aromatic carbocycles. The fraction of sp³-hybridized carbons (Fsp3) is 0.480. The Hall–Kier alpha value is -1.08. The quantitative estimate of drug-likeness (QED) is 0.274. The molecule has 0 aliphatic rings. The normalized spacial score (nSPS) is 14.1. The molecule has 1 amide bonds. The van der Waals surface area contributed by atoms with E-state index in [1.54, 1.807) is 17.0 Å². The SMILES string of the molecule is CC(C)(C)[Si](C)(C)OC[C@@H](O)[C@H](CN(Cc1ccccc1)C(=O)CCl)c1ccc(Cl)c(Cl)c1. The summed E-state index contributed by atoms with van der Waals surface area (Å²) in [4.78, 5) is 14.4. The number of hydrogen-bond acceptors (Lipinski definition) is 3. The van der Waals surface area contributed by atoms with Gasteiger partial charge in [0.05, 0.1) is 22.8 Å². The number of benzene rings is 2. The van der Waals surface area contributed by atoms with Crippen LogP contribution < -0.4 is 0 Å². The van der Waals surface area contributed by atoms with Gasteiger partial charge in [-0.1, -0.05) is 80.4 Å². The van der Waals surface area contributed by atoms with Crippen molar-refractivity contribution in [3.05, 3.63) is 69.7 Å². The summed E-state index contributed by atoms with van der Waals surface area (Å²) in [5.41, 5.74) is 1.77. The zero-order chi connectivity index (χ0) is 24.8. The minimum absolute atomic E-state index is 0.0136. The number of aliphatic hydroxyl groups excluding tert-OH is 1. The maximum absolute atomic E-state index is 12.7. The number of nitrogens with zero attached hydrogens (tertiary/aromatic N) is 1. The van der Waals surface area contributed by atoms with Crippen molar-refractivity contribution >= 4 is 49.0 Å². The van der Waals surface area contributed by atoms with Crippen molar-refractivity contribution < 1.29 is 14.3 Å². The number of rotatable bonds is 10. The van der Waals surface area contributed by atoms with Crippen LogP contribution >= 0.6 is 34.8 Å². The Bertz CT molecular complexity index is 919. The molecule has 0 fully saturated rings. The lowest BCUT2D eigenvalue weighted by molar-refractivity contribution is -0.129. The summed E-state index contributed by atoms with van der Waals surface area (Å²) in [6, 6.07) is 15.0. The third-order valence-electron chi connectivity index (χ3n) is 6.36. The zero-order valence-electron chi connectivity index (χ0n) is 19.9. The van der Waals surface area contributed by atoms with Crippen molar-refractivity contribution in [2.24, 2.45) is 0 Å². The number of alkyl halides is 1. The molecule has 0 aliphatic carbocycles. The number of hydrogen-bond donors (Lipinski definition) is 1. The highest BCUT2D eigenvalue weighted by Crippen LogP contribution is 2.37. The second-order valence-electron chi connectivity index (χ2n) is 9.81. The molecule has 0 heterocycles. The van der Waals surface area contributed by atoms with Crippen molar-refractivity contribution in [2.75, 3.05) is 19.0 Å². The van der Waals surface area contributed by atoms with Gasteiger partial charge in [-0.15, -0.1) is 11.6 Å². The minimum atomic E-state index is -2.07. The van der Waals surface area contributed by atoms with Gasteiger partial charge in [-0.2, -0.15) is 0 Å². The van der Waals surface area contributed by atoms with Gasteiger partial charge >= 0.3 is 0 Å². The fourth-order valence-corrected chi connectivity index (χ4v) is 4.69. The van der Waals surface area contributed by atoms with E-state index in [0.29, 0.717) is 16.6 Å². The van der Waals surface area contributed by atoms with E-state index in [1.165, 1.54) is 0 Å². The molecule has 0 unspecified atom stereocenters. The predicted octanol–water partition coefficient (Wildman–Crippen LogP) is 6.73. The summed E-state index contributed by atoms with van der Waals surface area (Å²) in [5, 5.41) is 12.1. The largest absolute Gasteiger partial charge is 0.414 e. The molecule has 33 heavy (non-hydrogen) atoms. The van der Waals surface area contributed by atoms with Gasteiger partial charge in [0.25, 0.3) is 0 Å². The van der Waals surface area contributed by atoms with Crippen molar-refractivity contribution in [3.8, 4) is 0 Å². The van der Waals surface area contributed by atoms with Crippen LogP contribution in [0.4, 0.5) is 0 Å². The second kappa shape index (κ2) is 12.1. The van der Waals surface area contributed by atoms with E-state index in [0.717, 1.165) is 11.1 Å². The Morgan fingerprint density at radius 2 is 1.73 bits per heavy atom. The molecule has 2 rings (SSSR count). The number of aliphatic hydroxyl groups is 1. The molecule has 2 aromatic rings. The molecule has 0 radical (unpaired) electrons. The second-order valence-corrected chi connectivity index (χ2v) is 15.7. The Morgan fingerprint density at radius 1 is 1.09 bits per heavy atom. The summed E-state index contributed by atoms with van der Waals surface area (Å²) < 4.78 is 6.30. The van der Waals surface area contributed by atoms with E-state index in [9.17, 15) is 9.90 Å². The van der Waals surface area contributed by atoms with Gasteiger partial charge in [0.1, 0.15) is 5.88 Å². The van der Waals surface area contributed by atoms with Gasteiger partial charge in [0.15, 0.2) is 8.32 Å². The molecule has 2 atom stereocenters. The number of halogens is 3. The first kappa shape index (κ1) is 28.2. The number of carbonyl (C=O) groups excluding carboxylic acids is 1. The minimum Gasteiger partial charge on any atom is -0.414 e. The van der Waals surface area contributed by atoms with Crippen LogP contribution in [0.1, 0.15) is 37.8 Å². The Morgan fingerprint density at radius 3 is 2.27 bits per heavy atom. The summed E-state index contributed by atoms with van der Waals surface area (Å²) in [6.45, 7) is 11.6. The lowest BCUT2D eigenvalue weighted by Crippen LogP contribution is -2.45. The maximum atomic E-state index is 12.7. The summed E-state index contributed by atoms with van der Waals surface area (Å²) >= 11 is 18.3. The van der Waals surface area contributed by atoms with Gasteiger partial charge in [0, 0.05) is 19.0 Å². The molecular formula is C25H34Cl3NO3Si. The summed E-state index contributed by atoms with van der Waals surface area (Å²) in [5.74, 6) is -0.777. The number of carbonyl (C=O) groups is 1. The highest BCUT2D eigenvalue weighted by Gasteiger charge is 2.38. The van der Waals surface area contributed by atoms with Crippen molar-refractivity contribution in [1.82, 2.24) is 4.90 Å². The van der Waals surface area contributed by atoms with Crippen molar-refractivity contribution in [2.45, 2.75) is 57.5 Å². The summed E-state index contributed by atoms with van der Waals surface area (Å²) in [6.07, 6.45) is -0.849. The van der Waals surface area contributed by atoms with Gasteiger partial charge in [0.2, 0.25) is 5.91 Å². The van der Waals surface area contributed by atoms with E-state index in [1.807, 2.05) is 36.4 Å². The van der Waals surface area contributed by atoms with E-state index in [4.69, 9.17) is 39.2 Å². The zero-order valence-corrected chi connectivity index (χ0v) is 23.2. The Balaban J connectivity index is 2.34. The lowest BCUT2D eigenvalue weighted by Gasteiger charge is -2.38. The van der Waals surface area contributed by atoms with Crippen LogP contribution in [-0.2, 0) is 15.8 Å². The average molecular weight is 531 g/mol. The van der Waals surface area contributed by atoms with Crippen molar-refractivity contribution in [3.63, 3.8) is 0 Å². The van der Waals surface area contributed by atoms with Gasteiger partial charge in [-0.05, 0) is 41.4 Å². The van der Waals surface area contributed by atoms with Crippen LogP contribution in [0, 0.1) is 0 Å². The molecule has 0 saturated carbocycles. The molecule has 0 spiro atoms. The Labute approximate surface area is 213 Å². The van der Waals surface area contributed by atoms with E-state index < -0.39 is 20.3 Å². The van der Waals surface area contributed by atoms with Crippen LogP contribution in [0.3, 0.4) is 0 Å². The molecule has 0 aliphatic heterocycles. The highest BCUT2D eigenvalue weighted by molar-refractivity contribution is 6.74. The van der Waals surface area contributed by atoms with Crippen molar-refractivity contribution in [1.29, 1.82) is 0 Å². The van der Waals surface area contributed by atoms with Crippen LogP contribution in [0.15, 0.2) is 48.5 Å². The smallest absolute Gasteiger partial charge is 0.237 e. The molecule has 8 heteroatoms. The van der Waals surface area contributed by atoms with Crippen LogP contribution in [0.5, 0.6) is 0 Å². The molecule has 4 nitrogen and oxygen atoms in total. The highest BCUT2D eigenvalue weighted by atomic mass is 35.5. The topological polar surface area (TPSA) is 49.8 Å². The first-order valence-electron chi connectivity index (χ1n) is 11.0. The molecule has 0 saturated heterocycles. The van der Waals surface area contributed by atoms with Gasteiger partial charge in [-0.3, -0.25) is 4.79 Å². The van der Waals surface area contributed by atoms with E-state index in [-0.39, 0.29) is 30.0 Å². The van der Waals surface area contributed by atoms with Gasteiger partial charge in [-0.25, -0.2) is 0 Å². The molecular weight excluding hydrogens is 497 g/mol. The Kier molecular flexibility index (Phi) is 10.3. The number of amides is 1. The third-order valence-corrected chi connectivity index (χ3v) is 11.8. The monoisotopic (exact) mass is 529 g/mol. The summed E-state index contributed by atoms with van der Waals surface area (Å²) in [7, 11) is -2.07. The molecule has 0 bridgehead atoms. The average Bonchev–Trinajstić information content (AvgIpc) is 2.76. The predicted molar refractivity (Wildman–Crippen MR) is 141 cm³/mol. The van der Waals surface area contributed by atoms with Crippen LogP contribution in [0.2, 0.25) is 28.2 Å². The molecule has 182 valence electrons. The van der Waals surface area contributed by atoms with Gasteiger partial charge < -0.3 is 14.4 Å². The van der Waals surface area contributed by atoms with Crippen LogP contribution in [0.25, 0.3) is 0 Å². The maximum Gasteiger partial charge on any atom is 0.237 e. The van der Waals surface area contributed by atoms with E-state index >= 15 is 0 Å². The first-order chi connectivity index (χ1) is 15.4. The fourth-order valence-electron chi connectivity index (χ4n) is 3.20. The molecule has 1 N–H and O–H groups in total. The van der Waals surface area contributed by atoms with Crippen LogP contribution in [-0.4, -0.2) is 49.4 Å². The standard InChI is InChI=1S/C25H34Cl3NO3Si/c1-25(2,3)33(4,5)32-17-23(30)20(19-11-12-21(27)22(28)13-19)16-29(24(31)14-26)15-18-9-7-6-8-10-18/h6-13,20,23,30H,14-17H2,1-5H3/t20-,23-/m1/s1. The lowest BCUT2D eigenvalue weighted by atomic mass is 9.92. The third kappa shape index (κ3) is 7.98. The first-order valence-corrected chi connectivity index (χ1v) is 15.2. The molecule has 0 aromatic heterocycles. The van der Waals surface area contributed by atoms with E-state index in [2.05, 4.69) is 33.9 Å².